The Kier molecular flexibility index (Phi) is 4.27. The van der Waals surface area contributed by atoms with Crippen LogP contribution in [0.4, 0.5) is 0 Å². The topological polar surface area (TPSA) is 52.5 Å². The molecule has 3 aromatic rings. The Hall–Kier alpha value is -2.53. The summed E-state index contributed by atoms with van der Waals surface area (Å²) in [5, 5.41) is 1.23. The van der Waals surface area contributed by atoms with Crippen molar-refractivity contribution in [1.82, 2.24) is 14.8 Å². The molecule has 2 aromatic heterocycles. The number of H-pyrrole nitrogens is 1. The van der Waals surface area contributed by atoms with Crippen LogP contribution in [0, 0.1) is 13.8 Å². The number of nitrogens with zero attached hydrogens (tertiary/aromatic N) is 2. The lowest BCUT2D eigenvalue weighted by Crippen LogP contribution is -2.35. The summed E-state index contributed by atoms with van der Waals surface area (Å²) in [6.07, 6.45) is 3.39. The summed E-state index contributed by atoms with van der Waals surface area (Å²) in [7, 11) is 0. The number of hydrogen-bond acceptors (Lipinski definition) is 3. The zero-order valence-corrected chi connectivity index (χ0v) is 16.7. The van der Waals surface area contributed by atoms with E-state index < -0.39 is 0 Å². The summed E-state index contributed by atoms with van der Waals surface area (Å²) < 4.78 is 5.89. The van der Waals surface area contributed by atoms with Crippen molar-refractivity contribution in [2.24, 2.45) is 0 Å². The second kappa shape index (κ2) is 6.82. The van der Waals surface area contributed by atoms with Crippen molar-refractivity contribution in [3.63, 3.8) is 0 Å². The van der Waals surface area contributed by atoms with E-state index in [0.29, 0.717) is 12.3 Å². The molecule has 0 aliphatic carbocycles. The fraction of sp³-hybridized carbons (Fsp3) is 0.435. The van der Waals surface area contributed by atoms with Crippen LogP contribution in [0.15, 0.2) is 28.7 Å². The highest BCUT2D eigenvalue weighted by molar-refractivity contribution is 5.93. The van der Waals surface area contributed by atoms with Crippen LogP contribution in [-0.2, 0) is 19.5 Å². The summed E-state index contributed by atoms with van der Waals surface area (Å²) in [5.41, 5.74) is 6.10. The third kappa shape index (κ3) is 2.94. The number of carbonyl (C=O) groups excluding carboxylic acids is 1. The predicted molar refractivity (Wildman–Crippen MR) is 109 cm³/mol. The highest BCUT2D eigenvalue weighted by Gasteiger charge is 2.27. The van der Waals surface area contributed by atoms with Crippen molar-refractivity contribution in [3.05, 3.63) is 58.2 Å². The Bertz CT molecular complexity index is 1040. The summed E-state index contributed by atoms with van der Waals surface area (Å²) >= 11 is 0. The number of likely N-dealkylation sites (tertiary alicyclic amines) is 1. The van der Waals surface area contributed by atoms with Crippen LogP contribution in [-0.4, -0.2) is 40.3 Å². The Balaban J connectivity index is 1.38. The second-order valence-electron chi connectivity index (χ2n) is 8.23. The summed E-state index contributed by atoms with van der Waals surface area (Å²) in [6, 6.07) is 8.33. The summed E-state index contributed by atoms with van der Waals surface area (Å²) in [5.74, 6) is 1.35. The molecule has 5 nitrogen and oxygen atoms in total. The molecule has 28 heavy (non-hydrogen) atoms. The number of aromatic amines is 1. The number of aryl methyl sites for hydroxylation is 2. The van der Waals surface area contributed by atoms with Crippen molar-refractivity contribution in [2.75, 3.05) is 19.6 Å². The number of hydrogen-bond donors (Lipinski definition) is 1. The molecule has 0 atom stereocenters. The van der Waals surface area contributed by atoms with Gasteiger partial charge in [0.15, 0.2) is 5.76 Å². The number of nitrogens with one attached hydrogen (secondary N) is 1. The van der Waals surface area contributed by atoms with Gasteiger partial charge in [-0.3, -0.25) is 9.69 Å². The first-order valence-corrected chi connectivity index (χ1v) is 10.3. The van der Waals surface area contributed by atoms with Crippen LogP contribution in [0.5, 0.6) is 0 Å². The van der Waals surface area contributed by atoms with Gasteiger partial charge in [-0.2, -0.15) is 0 Å². The zero-order chi connectivity index (χ0) is 19.3. The lowest BCUT2D eigenvalue weighted by Gasteiger charge is -2.26. The van der Waals surface area contributed by atoms with Gasteiger partial charge in [-0.05, 0) is 51.4 Å². The molecule has 0 unspecified atom stereocenters. The monoisotopic (exact) mass is 377 g/mol. The normalized spacial score (nSPS) is 17.4. The summed E-state index contributed by atoms with van der Waals surface area (Å²) in [4.78, 5) is 21.1. The van der Waals surface area contributed by atoms with Gasteiger partial charge in [0.05, 0.1) is 0 Å². The van der Waals surface area contributed by atoms with Gasteiger partial charge in [-0.1, -0.05) is 18.2 Å². The van der Waals surface area contributed by atoms with Crippen LogP contribution < -0.4 is 0 Å². The van der Waals surface area contributed by atoms with Gasteiger partial charge >= 0.3 is 0 Å². The summed E-state index contributed by atoms with van der Waals surface area (Å²) in [6.45, 7) is 8.62. The highest BCUT2D eigenvalue weighted by Crippen LogP contribution is 2.30. The minimum Gasteiger partial charge on any atom is -0.456 e. The molecule has 0 bridgehead atoms. The molecule has 2 aliphatic heterocycles. The first-order chi connectivity index (χ1) is 13.6. The molecule has 0 saturated carbocycles. The smallest absolute Gasteiger partial charge is 0.289 e. The van der Waals surface area contributed by atoms with Gasteiger partial charge in [0, 0.05) is 53.8 Å². The Labute approximate surface area is 165 Å². The van der Waals surface area contributed by atoms with Crippen LogP contribution in [0.25, 0.3) is 10.9 Å². The molecule has 1 N–H and O–H groups in total. The Morgan fingerprint density at radius 3 is 2.82 bits per heavy atom. The van der Waals surface area contributed by atoms with Gasteiger partial charge in [-0.25, -0.2) is 0 Å². The van der Waals surface area contributed by atoms with Gasteiger partial charge in [0.1, 0.15) is 5.76 Å². The minimum atomic E-state index is 0.00317. The zero-order valence-electron chi connectivity index (χ0n) is 16.7. The number of rotatable bonds is 3. The van der Waals surface area contributed by atoms with Gasteiger partial charge in [-0.15, -0.1) is 0 Å². The Morgan fingerprint density at radius 1 is 1.18 bits per heavy atom. The number of fused-ring (bicyclic) bond motifs is 3. The van der Waals surface area contributed by atoms with Crippen molar-refractivity contribution in [1.29, 1.82) is 0 Å². The van der Waals surface area contributed by atoms with Gasteiger partial charge in [0.25, 0.3) is 5.91 Å². The first-order valence-electron chi connectivity index (χ1n) is 10.3. The van der Waals surface area contributed by atoms with E-state index in [4.69, 9.17) is 4.42 Å². The van der Waals surface area contributed by atoms with Gasteiger partial charge < -0.3 is 14.3 Å². The van der Waals surface area contributed by atoms with E-state index in [1.54, 1.807) is 0 Å². The SMILES string of the molecule is Cc1oc(C(=O)N2CCc3[nH]c4c(C)cccc4c3C2)cc1CN1CCCC1. The van der Waals surface area contributed by atoms with Crippen LogP contribution in [0.2, 0.25) is 0 Å². The molecule has 1 amide bonds. The number of carbonyl (C=O) groups is 1. The van der Waals surface area contributed by atoms with E-state index in [1.807, 2.05) is 17.9 Å². The molecule has 5 heteroatoms. The molecule has 1 fully saturated rings. The molecule has 1 aromatic carbocycles. The van der Waals surface area contributed by atoms with E-state index in [-0.39, 0.29) is 5.91 Å². The van der Waals surface area contributed by atoms with Crippen LogP contribution >= 0.6 is 0 Å². The molecular formula is C23H27N3O2. The molecular weight excluding hydrogens is 350 g/mol. The molecule has 2 aliphatic rings. The number of para-hydroxylation sites is 1. The maximum atomic E-state index is 13.1. The highest BCUT2D eigenvalue weighted by atomic mass is 16.4. The van der Waals surface area contributed by atoms with Gasteiger partial charge in [0.2, 0.25) is 0 Å². The molecule has 0 radical (unpaired) electrons. The maximum Gasteiger partial charge on any atom is 0.289 e. The van der Waals surface area contributed by atoms with Crippen LogP contribution in [0.1, 0.15) is 51.5 Å². The fourth-order valence-corrected chi connectivity index (χ4v) is 4.68. The molecule has 4 heterocycles. The largest absolute Gasteiger partial charge is 0.456 e. The molecule has 5 rings (SSSR count). The molecule has 1 saturated heterocycles. The van der Waals surface area contributed by atoms with E-state index in [0.717, 1.165) is 43.9 Å². The maximum absolute atomic E-state index is 13.1. The third-order valence-electron chi connectivity index (χ3n) is 6.33. The van der Waals surface area contributed by atoms with Crippen molar-refractivity contribution in [3.8, 4) is 0 Å². The van der Waals surface area contributed by atoms with Crippen LogP contribution in [0.3, 0.4) is 0 Å². The number of aromatic nitrogens is 1. The molecule has 0 spiro atoms. The van der Waals surface area contributed by atoms with Crippen molar-refractivity contribution >= 4 is 16.8 Å². The average molecular weight is 377 g/mol. The lowest BCUT2D eigenvalue weighted by molar-refractivity contribution is 0.0701. The predicted octanol–water partition coefficient (Wildman–Crippen LogP) is 4.17. The number of furan rings is 1. The van der Waals surface area contributed by atoms with E-state index in [1.165, 1.54) is 40.6 Å². The lowest BCUT2D eigenvalue weighted by atomic mass is 10.0. The first kappa shape index (κ1) is 17.6. The van der Waals surface area contributed by atoms with Crippen molar-refractivity contribution < 1.29 is 9.21 Å². The van der Waals surface area contributed by atoms with Crippen molar-refractivity contribution in [2.45, 2.75) is 46.2 Å². The van der Waals surface area contributed by atoms with E-state index in [2.05, 4.69) is 35.0 Å². The fourth-order valence-electron chi connectivity index (χ4n) is 4.68. The number of benzene rings is 1. The number of amides is 1. The molecule has 146 valence electrons. The third-order valence-corrected chi connectivity index (χ3v) is 6.33. The standard InChI is InChI=1S/C23H27N3O2/c1-15-6-5-7-18-19-14-26(11-8-20(19)24-22(15)18)23(27)21-12-17(16(2)28-21)13-25-9-3-4-10-25/h5-7,12,24H,3-4,8-11,13-14H2,1-2H3. The average Bonchev–Trinajstić information content (AvgIpc) is 3.41. The quantitative estimate of drug-likeness (QED) is 0.745. The minimum absolute atomic E-state index is 0.00317. The van der Waals surface area contributed by atoms with E-state index in [9.17, 15) is 4.79 Å². The second-order valence-corrected chi connectivity index (χ2v) is 8.23. The van der Waals surface area contributed by atoms with E-state index >= 15 is 0 Å². The Morgan fingerprint density at radius 2 is 2.00 bits per heavy atom.